The normalized spacial score (nSPS) is 20.3. The van der Waals surface area contributed by atoms with E-state index in [4.69, 9.17) is 16.3 Å². The van der Waals surface area contributed by atoms with Crippen LogP contribution >= 0.6 is 23.4 Å². The van der Waals surface area contributed by atoms with Crippen molar-refractivity contribution in [2.24, 2.45) is 0 Å². The van der Waals surface area contributed by atoms with E-state index in [1.807, 2.05) is 6.26 Å². The van der Waals surface area contributed by atoms with Crippen LogP contribution in [-0.4, -0.2) is 47.4 Å². The van der Waals surface area contributed by atoms with E-state index in [1.165, 1.54) is 31.1 Å². The fourth-order valence-electron chi connectivity index (χ4n) is 2.19. The molecule has 2 heterocycles. The maximum absolute atomic E-state index is 5.91. The van der Waals surface area contributed by atoms with Crippen LogP contribution in [0, 0.1) is 0 Å². The molecule has 1 unspecified atom stereocenters. The van der Waals surface area contributed by atoms with Gasteiger partial charge in [0.1, 0.15) is 5.15 Å². The van der Waals surface area contributed by atoms with Gasteiger partial charge in [0, 0.05) is 12.1 Å². The summed E-state index contributed by atoms with van der Waals surface area (Å²) in [5.74, 6) is 0.569. The van der Waals surface area contributed by atoms with Crippen LogP contribution in [0.15, 0.2) is 11.2 Å². The zero-order chi connectivity index (χ0) is 13.0. The van der Waals surface area contributed by atoms with E-state index in [2.05, 4.69) is 21.9 Å². The average Bonchev–Trinajstić information content (AvgIpc) is 2.74. The Kier molecular flexibility index (Phi) is 5.09. The number of thioether (sulfide) groups is 1. The first-order valence-electron chi connectivity index (χ1n) is 6.10. The smallest absolute Gasteiger partial charge is 0.218 e. The van der Waals surface area contributed by atoms with Gasteiger partial charge in [-0.2, -0.15) is 4.98 Å². The van der Waals surface area contributed by atoms with E-state index in [9.17, 15) is 0 Å². The summed E-state index contributed by atoms with van der Waals surface area (Å²) in [6.07, 6.45) is 5.51. The summed E-state index contributed by atoms with van der Waals surface area (Å²) in [6, 6.07) is 2.31. The molecule has 1 aliphatic rings. The van der Waals surface area contributed by atoms with Crippen molar-refractivity contribution in [3.05, 3.63) is 11.2 Å². The van der Waals surface area contributed by atoms with Crippen LogP contribution in [0.25, 0.3) is 0 Å². The van der Waals surface area contributed by atoms with Gasteiger partial charge in [-0.05, 0) is 39.1 Å². The van der Waals surface area contributed by atoms with Gasteiger partial charge in [0.25, 0.3) is 0 Å². The van der Waals surface area contributed by atoms with Gasteiger partial charge in [-0.1, -0.05) is 23.4 Å². The first-order chi connectivity index (χ1) is 8.69. The molecule has 0 aromatic carbocycles. The summed E-state index contributed by atoms with van der Waals surface area (Å²) in [7, 11) is 2.17. The van der Waals surface area contributed by atoms with E-state index < -0.39 is 0 Å². The van der Waals surface area contributed by atoms with Crippen LogP contribution in [0.4, 0.5) is 0 Å². The second-order valence-electron chi connectivity index (χ2n) is 4.43. The molecule has 1 aliphatic heterocycles. The molecule has 1 saturated heterocycles. The summed E-state index contributed by atoms with van der Waals surface area (Å²) >= 11 is 7.37. The maximum atomic E-state index is 5.91. The Hall–Kier alpha value is -0.520. The van der Waals surface area contributed by atoms with E-state index >= 15 is 0 Å². The third kappa shape index (κ3) is 3.73. The second kappa shape index (κ2) is 6.59. The van der Waals surface area contributed by atoms with Crippen molar-refractivity contribution in [3.63, 3.8) is 0 Å². The molecule has 0 amide bonds. The van der Waals surface area contributed by atoms with E-state index in [-0.39, 0.29) is 0 Å². The number of hydrogen-bond donors (Lipinski definition) is 0. The largest absolute Gasteiger partial charge is 0.477 e. The van der Waals surface area contributed by atoms with Gasteiger partial charge >= 0.3 is 0 Å². The van der Waals surface area contributed by atoms with Gasteiger partial charge in [-0.3, -0.25) is 0 Å². The standard InChI is InChI=1S/C12H18ClN3OS/c1-16-6-3-4-9(16)5-7-17-11-8-10(13)14-12(15-11)18-2/h8-9H,3-7H2,1-2H3. The number of hydrogen-bond acceptors (Lipinski definition) is 5. The van der Waals surface area contributed by atoms with E-state index in [0.717, 1.165) is 6.42 Å². The lowest BCUT2D eigenvalue weighted by molar-refractivity contribution is 0.227. The molecule has 2 rings (SSSR count). The second-order valence-corrected chi connectivity index (χ2v) is 5.59. The van der Waals surface area contributed by atoms with Gasteiger partial charge in [-0.15, -0.1) is 0 Å². The Morgan fingerprint density at radius 3 is 3.06 bits per heavy atom. The molecule has 0 bridgehead atoms. The van der Waals surface area contributed by atoms with Crippen LogP contribution in [-0.2, 0) is 0 Å². The number of halogens is 1. The Balaban J connectivity index is 1.84. The molecular weight excluding hydrogens is 270 g/mol. The van der Waals surface area contributed by atoms with Crippen molar-refractivity contribution in [2.45, 2.75) is 30.5 Å². The molecule has 1 aromatic heterocycles. The van der Waals surface area contributed by atoms with Gasteiger partial charge < -0.3 is 9.64 Å². The highest BCUT2D eigenvalue weighted by atomic mass is 35.5. The highest BCUT2D eigenvalue weighted by molar-refractivity contribution is 7.98. The maximum Gasteiger partial charge on any atom is 0.218 e. The first kappa shape index (κ1) is 13.9. The number of likely N-dealkylation sites (tertiary alicyclic amines) is 1. The number of nitrogens with zero attached hydrogens (tertiary/aromatic N) is 3. The molecule has 0 spiro atoms. The molecule has 1 aromatic rings. The van der Waals surface area contributed by atoms with Crippen molar-refractivity contribution in [3.8, 4) is 5.88 Å². The summed E-state index contributed by atoms with van der Waals surface area (Å²) in [5.41, 5.74) is 0. The summed E-state index contributed by atoms with van der Waals surface area (Å²) in [4.78, 5) is 10.7. The van der Waals surface area contributed by atoms with Gasteiger partial charge in [0.15, 0.2) is 5.16 Å². The molecule has 1 atom stereocenters. The van der Waals surface area contributed by atoms with Crippen molar-refractivity contribution in [2.75, 3.05) is 26.5 Å². The molecule has 0 N–H and O–H groups in total. The molecule has 6 heteroatoms. The molecule has 0 aliphatic carbocycles. The van der Waals surface area contributed by atoms with E-state index in [1.54, 1.807) is 6.07 Å². The van der Waals surface area contributed by atoms with Crippen LogP contribution in [0.1, 0.15) is 19.3 Å². The molecule has 18 heavy (non-hydrogen) atoms. The lowest BCUT2D eigenvalue weighted by Gasteiger charge is -2.19. The third-order valence-electron chi connectivity index (χ3n) is 3.21. The summed E-state index contributed by atoms with van der Waals surface area (Å²) in [5, 5.41) is 1.08. The van der Waals surface area contributed by atoms with Crippen LogP contribution in [0.2, 0.25) is 5.15 Å². The fraction of sp³-hybridized carbons (Fsp3) is 0.667. The minimum Gasteiger partial charge on any atom is -0.477 e. The third-order valence-corrected chi connectivity index (χ3v) is 3.95. The van der Waals surface area contributed by atoms with Crippen molar-refractivity contribution in [1.82, 2.24) is 14.9 Å². The summed E-state index contributed by atoms with van der Waals surface area (Å²) in [6.45, 7) is 1.87. The van der Waals surface area contributed by atoms with Crippen LogP contribution in [0.3, 0.4) is 0 Å². The highest BCUT2D eigenvalue weighted by Crippen LogP contribution is 2.21. The Labute approximate surface area is 117 Å². The predicted octanol–water partition coefficient (Wildman–Crippen LogP) is 2.72. The van der Waals surface area contributed by atoms with E-state index in [0.29, 0.717) is 28.8 Å². The van der Waals surface area contributed by atoms with Crippen molar-refractivity contribution in [1.29, 1.82) is 0 Å². The minimum absolute atomic E-state index is 0.433. The van der Waals surface area contributed by atoms with Gasteiger partial charge in [0.05, 0.1) is 6.61 Å². The van der Waals surface area contributed by atoms with Crippen molar-refractivity contribution >= 4 is 23.4 Å². The number of rotatable bonds is 5. The minimum atomic E-state index is 0.433. The van der Waals surface area contributed by atoms with Crippen LogP contribution < -0.4 is 4.74 Å². The topological polar surface area (TPSA) is 38.2 Å². The summed E-state index contributed by atoms with van der Waals surface area (Å²) < 4.78 is 5.66. The van der Waals surface area contributed by atoms with Crippen LogP contribution in [0.5, 0.6) is 5.88 Å². The zero-order valence-electron chi connectivity index (χ0n) is 10.7. The number of aromatic nitrogens is 2. The number of ether oxygens (including phenoxy) is 1. The average molecular weight is 288 g/mol. The molecule has 0 radical (unpaired) electrons. The zero-order valence-corrected chi connectivity index (χ0v) is 12.3. The Morgan fingerprint density at radius 2 is 2.39 bits per heavy atom. The van der Waals surface area contributed by atoms with Gasteiger partial charge in [-0.25, -0.2) is 4.98 Å². The molecule has 4 nitrogen and oxygen atoms in total. The predicted molar refractivity (Wildman–Crippen MR) is 74.6 cm³/mol. The molecule has 0 saturated carbocycles. The molecule has 1 fully saturated rings. The van der Waals surface area contributed by atoms with Crippen molar-refractivity contribution < 1.29 is 4.74 Å². The monoisotopic (exact) mass is 287 g/mol. The highest BCUT2D eigenvalue weighted by Gasteiger charge is 2.20. The first-order valence-corrected chi connectivity index (χ1v) is 7.71. The molecular formula is C12H18ClN3OS. The lowest BCUT2D eigenvalue weighted by atomic mass is 10.1. The van der Waals surface area contributed by atoms with Gasteiger partial charge in [0.2, 0.25) is 5.88 Å². The quantitative estimate of drug-likeness (QED) is 0.473. The Bertz CT molecular complexity index is 405. The molecule has 100 valence electrons. The Morgan fingerprint density at radius 1 is 1.56 bits per heavy atom. The SMILES string of the molecule is CSc1nc(Cl)cc(OCCC2CCCN2C)n1. The fourth-order valence-corrected chi connectivity index (χ4v) is 2.78. The lowest BCUT2D eigenvalue weighted by Crippen LogP contribution is -2.26.